The van der Waals surface area contributed by atoms with Crippen LogP contribution >= 0.6 is 12.2 Å². The van der Waals surface area contributed by atoms with E-state index in [0.29, 0.717) is 25.2 Å². The Morgan fingerprint density at radius 1 is 1.18 bits per heavy atom. The number of nitrogens with zero attached hydrogens (tertiary/aromatic N) is 2. The molecule has 3 heterocycles. The molecule has 4 rings (SSSR count). The SMILES string of the molecule is COc1c2n(cc(C(=O)NNC(=S)Cc3c(F)cc(F)cc3F)c1=O)[C@H]1CCCCN(C1)C2=O. The number of benzene rings is 1. The summed E-state index contributed by atoms with van der Waals surface area (Å²) < 4.78 is 47.6. The van der Waals surface area contributed by atoms with Gasteiger partial charge in [-0.15, -0.1) is 0 Å². The fourth-order valence-corrected chi connectivity index (χ4v) is 4.47. The lowest BCUT2D eigenvalue weighted by atomic mass is 10.1. The molecule has 0 spiro atoms. The number of hydrazine groups is 1. The standard InChI is InChI=1S/C22H21F3N4O4S/c1-33-20-18-22(32)28-5-3-2-4-12(9-28)29(18)10-14(19(20)30)21(31)27-26-17(34)8-13-15(24)6-11(23)7-16(13)25/h6-7,10,12H,2-5,8-9H2,1H3,(H,26,34)(H,27,31)/t12-/m0/s1. The van der Waals surface area contributed by atoms with Crippen molar-refractivity contribution in [2.24, 2.45) is 0 Å². The highest BCUT2D eigenvalue weighted by molar-refractivity contribution is 7.80. The van der Waals surface area contributed by atoms with Crippen LogP contribution in [0.2, 0.25) is 0 Å². The van der Waals surface area contributed by atoms with Gasteiger partial charge in [0.15, 0.2) is 11.4 Å². The van der Waals surface area contributed by atoms with Crippen LogP contribution in [0.3, 0.4) is 0 Å². The number of methoxy groups -OCH3 is 1. The minimum atomic E-state index is -1.12. The maximum atomic E-state index is 13.9. The van der Waals surface area contributed by atoms with Crippen molar-refractivity contribution in [1.82, 2.24) is 20.3 Å². The summed E-state index contributed by atoms with van der Waals surface area (Å²) in [6, 6.07) is 0.931. The summed E-state index contributed by atoms with van der Waals surface area (Å²) in [6.07, 6.45) is 3.36. The van der Waals surface area contributed by atoms with Gasteiger partial charge < -0.3 is 14.2 Å². The second kappa shape index (κ2) is 9.45. The highest BCUT2D eigenvalue weighted by Crippen LogP contribution is 2.32. The van der Waals surface area contributed by atoms with Gasteiger partial charge in [-0.25, -0.2) is 13.2 Å². The van der Waals surface area contributed by atoms with E-state index in [0.717, 1.165) is 19.3 Å². The van der Waals surface area contributed by atoms with Gasteiger partial charge in [0.2, 0.25) is 5.43 Å². The molecule has 0 radical (unpaired) electrons. The molecule has 12 heteroatoms. The summed E-state index contributed by atoms with van der Waals surface area (Å²) in [7, 11) is 1.25. The van der Waals surface area contributed by atoms with Gasteiger partial charge in [0.25, 0.3) is 11.8 Å². The third-order valence-electron chi connectivity index (χ3n) is 5.93. The molecule has 0 aliphatic carbocycles. The molecule has 8 nitrogen and oxygen atoms in total. The molecule has 2 aliphatic heterocycles. The van der Waals surface area contributed by atoms with Crippen molar-refractivity contribution in [3.63, 3.8) is 0 Å². The number of ether oxygens (including phenoxy) is 1. The predicted molar refractivity (Wildman–Crippen MR) is 119 cm³/mol. The van der Waals surface area contributed by atoms with Crippen LogP contribution in [0.1, 0.15) is 51.7 Å². The Balaban J connectivity index is 1.56. The van der Waals surface area contributed by atoms with Gasteiger partial charge >= 0.3 is 0 Å². The van der Waals surface area contributed by atoms with E-state index < -0.39 is 40.8 Å². The molecule has 1 fully saturated rings. The Morgan fingerprint density at radius 3 is 2.56 bits per heavy atom. The third-order valence-corrected chi connectivity index (χ3v) is 6.18. The summed E-state index contributed by atoms with van der Waals surface area (Å²) in [4.78, 5) is 40.2. The molecule has 1 atom stereocenters. The average molecular weight is 494 g/mol. The number of hydrogen-bond acceptors (Lipinski definition) is 5. The van der Waals surface area contributed by atoms with Crippen LogP contribution < -0.4 is 21.0 Å². The second-order valence-electron chi connectivity index (χ2n) is 8.09. The van der Waals surface area contributed by atoms with Crippen molar-refractivity contribution in [1.29, 1.82) is 0 Å². The highest BCUT2D eigenvalue weighted by Gasteiger charge is 2.37. The fourth-order valence-electron chi connectivity index (χ4n) is 4.28. The van der Waals surface area contributed by atoms with Crippen LogP contribution in [-0.4, -0.2) is 46.5 Å². The maximum absolute atomic E-state index is 13.9. The third kappa shape index (κ3) is 4.37. The number of nitrogens with one attached hydrogen (secondary N) is 2. The van der Waals surface area contributed by atoms with Gasteiger partial charge in [0.05, 0.1) is 18.1 Å². The first-order chi connectivity index (χ1) is 16.2. The average Bonchev–Trinajstić information content (AvgIpc) is 3.02. The van der Waals surface area contributed by atoms with Crippen molar-refractivity contribution < 1.29 is 27.5 Å². The molecule has 1 saturated heterocycles. The summed E-state index contributed by atoms with van der Waals surface area (Å²) in [5, 5.41) is 0. The molecule has 1 aromatic heterocycles. The van der Waals surface area contributed by atoms with Gasteiger partial charge in [0, 0.05) is 43.4 Å². The lowest BCUT2D eigenvalue weighted by molar-refractivity contribution is 0.0676. The zero-order chi connectivity index (χ0) is 24.6. The van der Waals surface area contributed by atoms with E-state index >= 15 is 0 Å². The molecule has 2 aromatic rings. The number of amides is 2. The number of thiocarbonyl (C=S) groups is 1. The summed E-state index contributed by atoms with van der Waals surface area (Å²) in [5.74, 6) is -4.73. The van der Waals surface area contributed by atoms with E-state index in [4.69, 9.17) is 17.0 Å². The molecule has 2 N–H and O–H groups in total. The van der Waals surface area contributed by atoms with Crippen molar-refractivity contribution in [2.45, 2.75) is 31.7 Å². The number of hydrogen-bond donors (Lipinski definition) is 2. The van der Waals surface area contributed by atoms with Gasteiger partial charge in [-0.2, -0.15) is 0 Å². The van der Waals surface area contributed by atoms with Crippen LogP contribution in [0.5, 0.6) is 5.75 Å². The van der Waals surface area contributed by atoms with Gasteiger partial charge in [-0.3, -0.25) is 25.2 Å². The van der Waals surface area contributed by atoms with E-state index in [9.17, 15) is 27.6 Å². The van der Waals surface area contributed by atoms with Crippen LogP contribution in [-0.2, 0) is 6.42 Å². The number of rotatable bonds is 4. The first-order valence-corrected chi connectivity index (χ1v) is 11.0. The van der Waals surface area contributed by atoms with E-state index in [1.807, 2.05) is 0 Å². The first kappa shape index (κ1) is 23.7. The number of carbonyl (C=O) groups excluding carboxylic acids is 2. The predicted octanol–water partition coefficient (Wildman–Crippen LogP) is 2.26. The number of fused-ring (bicyclic) bond motifs is 4. The van der Waals surface area contributed by atoms with E-state index in [1.54, 1.807) is 9.47 Å². The molecule has 0 unspecified atom stereocenters. The van der Waals surface area contributed by atoms with E-state index in [1.165, 1.54) is 13.3 Å². The molecule has 2 bridgehead atoms. The second-order valence-corrected chi connectivity index (χ2v) is 8.58. The van der Waals surface area contributed by atoms with Gasteiger partial charge in [-0.05, 0) is 19.3 Å². The van der Waals surface area contributed by atoms with Gasteiger partial charge in [0.1, 0.15) is 23.0 Å². The largest absolute Gasteiger partial charge is 0.491 e. The van der Waals surface area contributed by atoms with E-state index in [2.05, 4.69) is 10.9 Å². The van der Waals surface area contributed by atoms with Crippen LogP contribution in [0.4, 0.5) is 13.2 Å². The monoisotopic (exact) mass is 494 g/mol. The lowest BCUT2D eigenvalue weighted by Gasteiger charge is -2.34. The molecule has 2 amide bonds. The molecular formula is C22H21F3N4O4S. The molecule has 34 heavy (non-hydrogen) atoms. The summed E-state index contributed by atoms with van der Waals surface area (Å²) in [5.41, 5.74) is 3.15. The van der Waals surface area contributed by atoms with Crippen LogP contribution in [0.15, 0.2) is 23.1 Å². The zero-order valence-electron chi connectivity index (χ0n) is 18.1. The Kier molecular flexibility index (Phi) is 6.60. The summed E-state index contributed by atoms with van der Waals surface area (Å²) in [6.45, 7) is 1.06. The minimum Gasteiger partial charge on any atom is -0.491 e. The Hall–Kier alpha value is -3.41. The number of aromatic nitrogens is 1. The van der Waals surface area contributed by atoms with Crippen molar-refractivity contribution in [2.75, 3.05) is 20.2 Å². The molecule has 180 valence electrons. The van der Waals surface area contributed by atoms with Crippen molar-refractivity contribution in [3.05, 3.63) is 62.8 Å². The molecule has 0 saturated carbocycles. The lowest BCUT2D eigenvalue weighted by Crippen LogP contribution is -2.46. The van der Waals surface area contributed by atoms with Crippen molar-refractivity contribution in [3.8, 4) is 5.75 Å². The number of carbonyl (C=O) groups is 2. The van der Waals surface area contributed by atoms with Crippen molar-refractivity contribution >= 4 is 29.0 Å². The Labute approximate surface area is 197 Å². The molecule has 2 aliphatic rings. The zero-order valence-corrected chi connectivity index (χ0v) is 18.9. The fraction of sp³-hybridized carbons (Fsp3) is 0.364. The molecular weight excluding hydrogens is 473 g/mol. The van der Waals surface area contributed by atoms with E-state index in [-0.39, 0.29) is 33.9 Å². The van der Waals surface area contributed by atoms with Crippen LogP contribution in [0, 0.1) is 17.5 Å². The topological polar surface area (TPSA) is 92.7 Å². The first-order valence-electron chi connectivity index (χ1n) is 10.6. The highest BCUT2D eigenvalue weighted by atomic mass is 32.1. The molecule has 1 aromatic carbocycles. The Bertz CT molecular complexity index is 1230. The van der Waals surface area contributed by atoms with Gasteiger partial charge in [-0.1, -0.05) is 12.2 Å². The minimum absolute atomic E-state index is 0.105. The normalized spacial score (nSPS) is 17.0. The Morgan fingerprint density at radius 2 is 1.88 bits per heavy atom. The maximum Gasteiger partial charge on any atom is 0.275 e. The number of halogens is 3. The van der Waals surface area contributed by atoms with Crippen LogP contribution in [0.25, 0.3) is 0 Å². The quantitative estimate of drug-likeness (QED) is 0.501. The number of pyridine rings is 1. The summed E-state index contributed by atoms with van der Waals surface area (Å²) >= 11 is 5.01. The smallest absolute Gasteiger partial charge is 0.275 e.